The van der Waals surface area contributed by atoms with Gasteiger partial charge in [-0.05, 0) is 66.1 Å². The van der Waals surface area contributed by atoms with E-state index in [0.717, 1.165) is 65.3 Å². The van der Waals surface area contributed by atoms with Gasteiger partial charge >= 0.3 is 0 Å². The molecule has 2 aromatic heterocycles. The molecule has 5 nitrogen and oxygen atoms in total. The monoisotopic (exact) mass is 503 g/mol. The van der Waals surface area contributed by atoms with Crippen LogP contribution in [0.2, 0.25) is 0 Å². The van der Waals surface area contributed by atoms with Gasteiger partial charge < -0.3 is 14.6 Å². The Morgan fingerprint density at radius 2 is 1.63 bits per heavy atom. The van der Waals surface area contributed by atoms with Gasteiger partial charge in [0.2, 0.25) is 0 Å². The quantitative estimate of drug-likeness (QED) is 0.257. The summed E-state index contributed by atoms with van der Waals surface area (Å²) in [6.07, 6.45) is 5.29. The Morgan fingerprint density at radius 1 is 0.895 bits per heavy atom. The Bertz CT molecular complexity index is 1590. The summed E-state index contributed by atoms with van der Waals surface area (Å²) in [4.78, 5) is 14.1. The second-order valence-electron chi connectivity index (χ2n) is 10.3. The Balaban J connectivity index is 1.56. The number of rotatable bonds is 6. The van der Waals surface area contributed by atoms with Crippen molar-refractivity contribution in [3.05, 3.63) is 102 Å². The van der Waals surface area contributed by atoms with Crippen LogP contribution in [0.3, 0.4) is 0 Å². The predicted molar refractivity (Wildman–Crippen MR) is 154 cm³/mol. The highest BCUT2D eigenvalue weighted by molar-refractivity contribution is 6.10. The van der Waals surface area contributed by atoms with E-state index in [1.165, 1.54) is 11.1 Å². The third-order valence-corrected chi connectivity index (χ3v) is 7.63. The number of aryl methyl sites for hydroxylation is 2. The normalized spacial score (nSPS) is 13.1. The van der Waals surface area contributed by atoms with Gasteiger partial charge in [-0.2, -0.15) is 0 Å². The maximum atomic E-state index is 14.1. The molecule has 0 unspecified atom stereocenters. The number of anilines is 1. The fourth-order valence-electron chi connectivity index (χ4n) is 5.66. The lowest BCUT2D eigenvalue weighted by atomic mass is 9.95. The van der Waals surface area contributed by atoms with Gasteiger partial charge in [0.05, 0.1) is 12.8 Å². The lowest BCUT2D eigenvalue weighted by Crippen LogP contribution is -2.15. The Hall–Kier alpha value is -4.25. The van der Waals surface area contributed by atoms with Crippen LogP contribution >= 0.6 is 0 Å². The molecule has 0 fully saturated rings. The van der Waals surface area contributed by atoms with Gasteiger partial charge in [0.25, 0.3) is 5.91 Å². The number of hydrogen-bond acceptors (Lipinski definition) is 2. The lowest BCUT2D eigenvalue weighted by Gasteiger charge is -2.12. The first-order valence-electron chi connectivity index (χ1n) is 13.4. The molecule has 0 saturated heterocycles. The largest absolute Gasteiger partial charge is 0.497 e. The zero-order chi connectivity index (χ0) is 26.2. The van der Waals surface area contributed by atoms with Gasteiger partial charge in [-0.3, -0.25) is 9.20 Å². The topological polar surface area (TPSA) is 47.7 Å². The standard InChI is InChI=1S/C33H33N3O2/c1-22(2)23-12-14-25(15-13-23)30-28-11-7-8-20-35-29(24-9-5-4-6-10-24)21-36(33(28)35)31(30)32(37)34-26-16-18-27(38-3)19-17-26/h4-6,9-10,12-19,21-22H,7-8,11,20H2,1-3H3,(H,34,37). The van der Waals surface area contributed by atoms with Crippen molar-refractivity contribution >= 4 is 17.2 Å². The number of benzene rings is 3. The number of nitrogens with one attached hydrogen (secondary N) is 1. The maximum absolute atomic E-state index is 14.1. The highest BCUT2D eigenvalue weighted by Crippen LogP contribution is 2.40. The summed E-state index contributed by atoms with van der Waals surface area (Å²) in [5.74, 6) is 1.10. The number of aromatic nitrogens is 2. The Morgan fingerprint density at radius 3 is 2.32 bits per heavy atom. The SMILES string of the molecule is COc1ccc(NC(=O)c2c(-c3ccc(C(C)C)cc3)c3c4n(c(-c5ccccc5)cn24)CCCC3)cc1. The predicted octanol–water partition coefficient (Wildman–Crippen LogP) is 7.80. The fraction of sp³-hybridized carbons (Fsp3) is 0.242. The summed E-state index contributed by atoms with van der Waals surface area (Å²) in [6, 6.07) is 26.7. The molecule has 1 N–H and O–H groups in total. The third-order valence-electron chi connectivity index (χ3n) is 7.63. The van der Waals surface area contributed by atoms with Gasteiger partial charge in [-0.1, -0.05) is 68.4 Å². The second-order valence-corrected chi connectivity index (χ2v) is 10.3. The number of hydrogen-bond donors (Lipinski definition) is 1. The van der Waals surface area contributed by atoms with Crippen LogP contribution in [0.25, 0.3) is 28.0 Å². The summed E-state index contributed by atoms with van der Waals surface area (Å²) in [6.45, 7) is 5.34. The van der Waals surface area contributed by atoms with E-state index in [2.05, 4.69) is 82.9 Å². The molecule has 3 heterocycles. The Labute approximate surface area is 223 Å². The molecule has 0 spiro atoms. The number of carbonyl (C=O) groups excluding carboxylic acids is 1. The van der Waals surface area contributed by atoms with Crippen LogP contribution in [-0.4, -0.2) is 22.0 Å². The molecule has 0 radical (unpaired) electrons. The molecule has 0 atom stereocenters. The van der Waals surface area contributed by atoms with Crippen LogP contribution in [0.4, 0.5) is 5.69 Å². The van der Waals surface area contributed by atoms with E-state index in [0.29, 0.717) is 11.6 Å². The molecule has 0 saturated carbocycles. The summed E-state index contributed by atoms with van der Waals surface area (Å²) in [5, 5.41) is 3.16. The van der Waals surface area contributed by atoms with Crippen molar-refractivity contribution < 1.29 is 9.53 Å². The fourth-order valence-corrected chi connectivity index (χ4v) is 5.66. The second kappa shape index (κ2) is 9.90. The minimum atomic E-state index is -0.114. The lowest BCUT2D eigenvalue weighted by molar-refractivity contribution is 0.102. The molecule has 192 valence electrons. The highest BCUT2D eigenvalue weighted by Gasteiger charge is 2.29. The summed E-state index contributed by atoms with van der Waals surface area (Å²) in [7, 11) is 1.64. The molecule has 5 heteroatoms. The summed E-state index contributed by atoms with van der Waals surface area (Å²) in [5.41, 5.74) is 9.52. The van der Waals surface area contributed by atoms with Crippen molar-refractivity contribution in [3.8, 4) is 28.1 Å². The average molecular weight is 504 g/mol. The molecule has 1 aliphatic heterocycles. The smallest absolute Gasteiger partial charge is 0.273 e. The number of methoxy groups -OCH3 is 1. The molecular weight excluding hydrogens is 470 g/mol. The zero-order valence-electron chi connectivity index (χ0n) is 22.2. The van der Waals surface area contributed by atoms with Crippen molar-refractivity contribution in [2.24, 2.45) is 0 Å². The van der Waals surface area contributed by atoms with Crippen LogP contribution in [-0.2, 0) is 13.0 Å². The molecule has 0 bridgehead atoms. The maximum Gasteiger partial charge on any atom is 0.273 e. The van der Waals surface area contributed by atoms with Crippen LogP contribution in [0.1, 0.15) is 54.2 Å². The minimum Gasteiger partial charge on any atom is -0.497 e. The molecule has 0 aliphatic carbocycles. The molecule has 5 aromatic rings. The van der Waals surface area contributed by atoms with Gasteiger partial charge in [0.1, 0.15) is 17.1 Å². The molecule has 3 aromatic carbocycles. The third kappa shape index (κ3) is 4.18. The van der Waals surface area contributed by atoms with Gasteiger partial charge in [0, 0.05) is 29.6 Å². The number of carbonyl (C=O) groups is 1. The van der Waals surface area contributed by atoms with Gasteiger partial charge in [-0.25, -0.2) is 0 Å². The van der Waals surface area contributed by atoms with Crippen LogP contribution in [0.15, 0.2) is 85.1 Å². The molecular formula is C33H33N3O2. The van der Waals surface area contributed by atoms with Crippen molar-refractivity contribution in [3.63, 3.8) is 0 Å². The minimum absolute atomic E-state index is 0.114. The summed E-state index contributed by atoms with van der Waals surface area (Å²) < 4.78 is 9.84. The van der Waals surface area contributed by atoms with Crippen molar-refractivity contribution in [2.45, 2.75) is 45.6 Å². The van der Waals surface area contributed by atoms with Gasteiger partial charge in [0.15, 0.2) is 0 Å². The number of ether oxygens (including phenoxy) is 1. The molecule has 38 heavy (non-hydrogen) atoms. The van der Waals surface area contributed by atoms with E-state index in [9.17, 15) is 4.79 Å². The first-order valence-corrected chi connectivity index (χ1v) is 13.4. The molecule has 1 aliphatic rings. The van der Waals surface area contributed by atoms with E-state index >= 15 is 0 Å². The first kappa shape index (κ1) is 24.1. The van der Waals surface area contributed by atoms with E-state index < -0.39 is 0 Å². The average Bonchev–Trinajstić information content (AvgIpc) is 3.37. The number of imidazole rings is 1. The Kier molecular flexibility index (Phi) is 6.28. The van der Waals surface area contributed by atoms with Gasteiger partial charge in [-0.15, -0.1) is 0 Å². The number of amides is 1. The highest BCUT2D eigenvalue weighted by atomic mass is 16.5. The van der Waals surface area contributed by atoms with E-state index in [1.54, 1.807) is 7.11 Å². The van der Waals surface area contributed by atoms with E-state index in [4.69, 9.17) is 4.74 Å². The van der Waals surface area contributed by atoms with Crippen molar-refractivity contribution in [2.75, 3.05) is 12.4 Å². The van der Waals surface area contributed by atoms with E-state index in [-0.39, 0.29) is 5.91 Å². The first-order chi connectivity index (χ1) is 18.5. The van der Waals surface area contributed by atoms with E-state index in [1.807, 2.05) is 30.3 Å². The molecule has 6 rings (SSSR count). The number of nitrogens with zero attached hydrogens (tertiary/aromatic N) is 2. The van der Waals surface area contributed by atoms with Crippen molar-refractivity contribution in [1.29, 1.82) is 0 Å². The summed E-state index contributed by atoms with van der Waals surface area (Å²) >= 11 is 0. The van der Waals surface area contributed by atoms with Crippen LogP contribution < -0.4 is 10.1 Å². The zero-order valence-corrected chi connectivity index (χ0v) is 22.2. The van der Waals surface area contributed by atoms with Crippen molar-refractivity contribution in [1.82, 2.24) is 8.97 Å². The van der Waals surface area contributed by atoms with Crippen LogP contribution in [0, 0.1) is 0 Å². The molecule has 1 amide bonds. The van der Waals surface area contributed by atoms with Crippen LogP contribution in [0.5, 0.6) is 5.75 Å².